The molecule has 1 aliphatic rings. The first kappa shape index (κ1) is 15.5. The molecule has 0 spiro atoms. The third kappa shape index (κ3) is 3.59. The molecule has 0 unspecified atom stereocenters. The zero-order chi connectivity index (χ0) is 14.8. The summed E-state index contributed by atoms with van der Waals surface area (Å²) < 4.78 is 36.4. The first-order valence-corrected chi connectivity index (χ1v) is 9.46. The molecule has 0 aliphatic carbocycles. The molecule has 0 saturated carbocycles. The van der Waals surface area contributed by atoms with Gasteiger partial charge in [0, 0.05) is 48.1 Å². The monoisotopic (exact) mass is 316 g/mol. The number of nitrogens with one attached hydrogen (secondary N) is 1. The summed E-state index contributed by atoms with van der Waals surface area (Å²) in [5.41, 5.74) is 0.903. The van der Waals surface area contributed by atoms with Gasteiger partial charge in [-0.3, -0.25) is 4.21 Å². The number of anilines is 1. The van der Waals surface area contributed by atoms with E-state index in [-0.39, 0.29) is 4.90 Å². The van der Waals surface area contributed by atoms with Gasteiger partial charge in [-0.25, -0.2) is 12.7 Å². The van der Waals surface area contributed by atoms with Crippen LogP contribution in [0.25, 0.3) is 0 Å². The summed E-state index contributed by atoms with van der Waals surface area (Å²) in [6.45, 7) is 0. The maximum absolute atomic E-state index is 11.9. The van der Waals surface area contributed by atoms with E-state index in [2.05, 4.69) is 5.32 Å². The largest absolute Gasteiger partial charge is 0.382 e. The van der Waals surface area contributed by atoms with Gasteiger partial charge in [0.2, 0.25) is 10.0 Å². The Morgan fingerprint density at radius 2 is 1.70 bits per heavy atom. The molecule has 2 rings (SSSR count). The van der Waals surface area contributed by atoms with E-state index in [1.54, 1.807) is 24.3 Å². The molecule has 7 heteroatoms. The quantitative estimate of drug-likeness (QED) is 0.908. The zero-order valence-electron chi connectivity index (χ0n) is 11.7. The zero-order valence-corrected chi connectivity index (χ0v) is 13.3. The van der Waals surface area contributed by atoms with Gasteiger partial charge in [0.25, 0.3) is 0 Å². The Balaban J connectivity index is 2.04. The minimum absolute atomic E-state index is 0.290. The van der Waals surface area contributed by atoms with Crippen molar-refractivity contribution in [2.45, 2.75) is 23.8 Å². The van der Waals surface area contributed by atoms with Crippen LogP contribution in [0.3, 0.4) is 0 Å². The molecule has 1 saturated heterocycles. The van der Waals surface area contributed by atoms with Crippen molar-refractivity contribution in [1.29, 1.82) is 0 Å². The second kappa shape index (κ2) is 6.24. The van der Waals surface area contributed by atoms with E-state index >= 15 is 0 Å². The Kier molecular flexibility index (Phi) is 4.82. The summed E-state index contributed by atoms with van der Waals surface area (Å²) in [6.07, 6.45) is 1.79. The Bertz CT molecular complexity index is 572. The topological polar surface area (TPSA) is 66.5 Å². The Morgan fingerprint density at radius 3 is 2.20 bits per heavy atom. The molecule has 0 bridgehead atoms. The van der Waals surface area contributed by atoms with Crippen LogP contribution in [-0.2, 0) is 20.8 Å². The predicted octanol–water partition coefficient (Wildman–Crippen LogP) is 1.26. The van der Waals surface area contributed by atoms with Crippen LogP contribution in [0.2, 0.25) is 0 Å². The van der Waals surface area contributed by atoms with Crippen LogP contribution in [-0.4, -0.2) is 48.6 Å². The Hall–Kier alpha value is -0.920. The maximum Gasteiger partial charge on any atom is 0.242 e. The molecule has 112 valence electrons. The maximum atomic E-state index is 11.9. The van der Waals surface area contributed by atoms with E-state index in [1.807, 2.05) is 0 Å². The van der Waals surface area contributed by atoms with E-state index in [0.29, 0.717) is 6.04 Å². The standard InChI is InChI=1S/C13H20N2O3S2/c1-15(2)20(17,18)13-5-3-11(4-6-13)14-12-7-9-19(16)10-8-12/h3-6,12,14H,7-10H2,1-2H3. The van der Waals surface area contributed by atoms with E-state index in [9.17, 15) is 12.6 Å². The fourth-order valence-corrected chi connectivity index (χ4v) is 4.31. The van der Waals surface area contributed by atoms with Crippen LogP contribution in [0, 0.1) is 0 Å². The predicted molar refractivity (Wildman–Crippen MR) is 81.8 cm³/mol. The van der Waals surface area contributed by atoms with Crippen molar-refractivity contribution >= 4 is 26.5 Å². The second-order valence-electron chi connectivity index (χ2n) is 5.08. The van der Waals surface area contributed by atoms with Crippen LogP contribution in [0.15, 0.2) is 29.2 Å². The fourth-order valence-electron chi connectivity index (χ4n) is 2.11. The lowest BCUT2D eigenvalue weighted by molar-refractivity contribution is 0.521. The smallest absolute Gasteiger partial charge is 0.242 e. The van der Waals surface area contributed by atoms with Crippen LogP contribution in [0.1, 0.15) is 12.8 Å². The van der Waals surface area contributed by atoms with Crippen molar-refractivity contribution in [2.24, 2.45) is 0 Å². The number of sulfonamides is 1. The van der Waals surface area contributed by atoms with Crippen LogP contribution in [0.5, 0.6) is 0 Å². The van der Waals surface area contributed by atoms with Crippen molar-refractivity contribution in [3.63, 3.8) is 0 Å². The molecule has 1 N–H and O–H groups in total. The van der Waals surface area contributed by atoms with Gasteiger partial charge in [0.05, 0.1) is 4.90 Å². The van der Waals surface area contributed by atoms with Gasteiger partial charge < -0.3 is 5.32 Å². The van der Waals surface area contributed by atoms with Crippen molar-refractivity contribution in [3.8, 4) is 0 Å². The van der Waals surface area contributed by atoms with Crippen molar-refractivity contribution < 1.29 is 12.6 Å². The molecule has 5 nitrogen and oxygen atoms in total. The normalized spacial score (nSPS) is 23.8. The average molecular weight is 316 g/mol. The molecule has 1 aromatic carbocycles. The highest BCUT2D eigenvalue weighted by Gasteiger charge is 2.19. The summed E-state index contributed by atoms with van der Waals surface area (Å²) in [5, 5.41) is 3.37. The van der Waals surface area contributed by atoms with Crippen molar-refractivity contribution in [1.82, 2.24) is 4.31 Å². The lowest BCUT2D eigenvalue weighted by Crippen LogP contribution is -2.29. The molecular weight excluding hydrogens is 296 g/mol. The van der Waals surface area contributed by atoms with E-state index in [4.69, 9.17) is 0 Å². The average Bonchev–Trinajstić information content (AvgIpc) is 2.42. The van der Waals surface area contributed by atoms with Gasteiger partial charge in [-0.15, -0.1) is 0 Å². The fraction of sp³-hybridized carbons (Fsp3) is 0.538. The molecule has 1 fully saturated rings. The number of nitrogens with zero attached hydrogens (tertiary/aromatic N) is 1. The lowest BCUT2D eigenvalue weighted by Gasteiger charge is -2.23. The molecule has 0 atom stereocenters. The third-order valence-electron chi connectivity index (χ3n) is 3.39. The highest BCUT2D eigenvalue weighted by molar-refractivity contribution is 7.89. The van der Waals surface area contributed by atoms with Gasteiger partial charge >= 0.3 is 0 Å². The molecule has 1 heterocycles. The summed E-state index contributed by atoms with van der Waals surface area (Å²) in [6, 6.07) is 7.10. The summed E-state index contributed by atoms with van der Waals surface area (Å²) in [4.78, 5) is 0.290. The van der Waals surface area contributed by atoms with E-state index < -0.39 is 20.8 Å². The molecule has 20 heavy (non-hydrogen) atoms. The molecule has 1 aliphatic heterocycles. The summed E-state index contributed by atoms with van der Waals surface area (Å²) in [5.74, 6) is 1.48. The van der Waals surface area contributed by atoms with Crippen LogP contribution in [0.4, 0.5) is 5.69 Å². The molecule has 0 radical (unpaired) electrons. The molecule has 0 aromatic heterocycles. The Labute approximate surface area is 122 Å². The molecular formula is C13H20N2O3S2. The number of hydrogen-bond acceptors (Lipinski definition) is 4. The number of benzene rings is 1. The molecule has 0 amide bonds. The second-order valence-corrected chi connectivity index (χ2v) is 8.93. The van der Waals surface area contributed by atoms with Crippen molar-refractivity contribution in [3.05, 3.63) is 24.3 Å². The Morgan fingerprint density at radius 1 is 1.15 bits per heavy atom. The van der Waals surface area contributed by atoms with Gasteiger partial charge in [-0.1, -0.05) is 0 Å². The SMILES string of the molecule is CN(C)S(=O)(=O)c1ccc(NC2CCS(=O)CC2)cc1. The number of rotatable bonds is 4. The van der Waals surface area contributed by atoms with E-state index in [0.717, 1.165) is 30.0 Å². The highest BCUT2D eigenvalue weighted by Crippen LogP contribution is 2.19. The molecule has 1 aromatic rings. The third-order valence-corrected chi connectivity index (χ3v) is 6.60. The van der Waals surface area contributed by atoms with Crippen LogP contribution < -0.4 is 5.32 Å². The van der Waals surface area contributed by atoms with Gasteiger partial charge in [-0.2, -0.15) is 0 Å². The summed E-state index contributed by atoms with van der Waals surface area (Å²) >= 11 is 0. The van der Waals surface area contributed by atoms with Gasteiger partial charge in [0.1, 0.15) is 0 Å². The number of hydrogen-bond donors (Lipinski definition) is 1. The van der Waals surface area contributed by atoms with Crippen LogP contribution >= 0.6 is 0 Å². The summed E-state index contributed by atoms with van der Waals surface area (Å²) in [7, 11) is -0.998. The minimum Gasteiger partial charge on any atom is -0.382 e. The first-order chi connectivity index (χ1) is 9.39. The minimum atomic E-state index is -3.37. The van der Waals surface area contributed by atoms with Crippen molar-refractivity contribution in [2.75, 3.05) is 30.9 Å². The first-order valence-electron chi connectivity index (χ1n) is 6.54. The van der Waals surface area contributed by atoms with Gasteiger partial charge in [-0.05, 0) is 37.1 Å². The highest BCUT2D eigenvalue weighted by atomic mass is 32.2. The lowest BCUT2D eigenvalue weighted by atomic mass is 10.1. The van der Waals surface area contributed by atoms with Gasteiger partial charge in [0.15, 0.2) is 0 Å². The van der Waals surface area contributed by atoms with E-state index in [1.165, 1.54) is 18.4 Å².